The minimum atomic E-state index is -4.40. The van der Waals surface area contributed by atoms with E-state index in [4.69, 9.17) is 10.5 Å². The van der Waals surface area contributed by atoms with E-state index in [1.54, 1.807) is 0 Å². The molecule has 166 valence electrons. The molecule has 3 atom stereocenters. The first-order valence-corrected chi connectivity index (χ1v) is 10.2. The van der Waals surface area contributed by atoms with Crippen LogP contribution in [-0.2, 0) is 11.3 Å². The Morgan fingerprint density at radius 3 is 2.42 bits per heavy atom. The summed E-state index contributed by atoms with van der Waals surface area (Å²) >= 11 is 0. The van der Waals surface area contributed by atoms with Gasteiger partial charge in [0.15, 0.2) is 5.65 Å². The van der Waals surface area contributed by atoms with Crippen molar-refractivity contribution in [1.29, 1.82) is 0 Å². The molecule has 0 amide bonds. The largest absolute Gasteiger partial charge is 0.390 e. The van der Waals surface area contributed by atoms with Gasteiger partial charge < -0.3 is 10.5 Å². The van der Waals surface area contributed by atoms with Gasteiger partial charge in [-0.3, -0.25) is 0 Å². The van der Waals surface area contributed by atoms with Crippen molar-refractivity contribution >= 4 is 11.6 Å². The number of halogens is 3. The van der Waals surface area contributed by atoms with Crippen LogP contribution >= 0.6 is 0 Å². The third-order valence-electron chi connectivity index (χ3n) is 5.55. The van der Waals surface area contributed by atoms with Crippen LogP contribution in [0.5, 0.6) is 0 Å². The first-order chi connectivity index (χ1) is 14.6. The lowest BCUT2D eigenvalue weighted by Crippen LogP contribution is -2.29. The van der Waals surface area contributed by atoms with Crippen LogP contribution in [0, 0.1) is 0 Å². The molecule has 0 spiro atoms. The summed E-state index contributed by atoms with van der Waals surface area (Å²) in [6, 6.07) is 9.37. The molecule has 0 bridgehead atoms. The Hall–Kier alpha value is -2.88. The lowest BCUT2D eigenvalue weighted by molar-refractivity contribution is -0.137. The third-order valence-corrected chi connectivity index (χ3v) is 5.55. The fourth-order valence-corrected chi connectivity index (χ4v) is 4.33. The van der Waals surface area contributed by atoms with E-state index < -0.39 is 24.8 Å². The number of aromatic nitrogens is 4. The summed E-state index contributed by atoms with van der Waals surface area (Å²) in [6.45, 7) is 3.37. The molecule has 0 saturated carbocycles. The number of benzene rings is 1. The molecule has 1 aliphatic heterocycles. The molecule has 4 rings (SSSR count). The zero-order valence-electron chi connectivity index (χ0n) is 17.3. The van der Waals surface area contributed by atoms with Crippen LogP contribution < -0.4 is 11.4 Å². The van der Waals surface area contributed by atoms with E-state index in [0.29, 0.717) is 24.1 Å². The monoisotopic (exact) mass is 435 g/mol. The van der Waals surface area contributed by atoms with Gasteiger partial charge in [-0.15, -0.1) is 5.10 Å². The maximum atomic E-state index is 12.8. The van der Waals surface area contributed by atoms with E-state index in [0.717, 1.165) is 14.6 Å². The van der Waals surface area contributed by atoms with Gasteiger partial charge in [0.1, 0.15) is 0 Å². The zero-order valence-corrected chi connectivity index (χ0v) is 17.3. The van der Waals surface area contributed by atoms with Crippen LogP contribution in [0.15, 0.2) is 35.1 Å². The molecule has 7 nitrogen and oxygen atoms in total. The zero-order chi connectivity index (χ0) is 22.3. The molecule has 0 aliphatic carbocycles. The first kappa shape index (κ1) is 21.4. The van der Waals surface area contributed by atoms with Crippen LogP contribution in [-0.4, -0.2) is 37.5 Å². The average molecular weight is 435 g/mol. The second kappa shape index (κ2) is 7.99. The second-order valence-corrected chi connectivity index (χ2v) is 8.05. The summed E-state index contributed by atoms with van der Waals surface area (Å²) in [6.07, 6.45) is -4.24. The van der Waals surface area contributed by atoms with Crippen LogP contribution in [0.2, 0.25) is 0 Å². The molecule has 1 aromatic carbocycles. The van der Waals surface area contributed by atoms with Gasteiger partial charge in [-0.2, -0.15) is 13.2 Å². The van der Waals surface area contributed by atoms with Crippen molar-refractivity contribution in [3.63, 3.8) is 0 Å². The highest BCUT2D eigenvalue weighted by molar-refractivity contribution is 5.72. The van der Waals surface area contributed by atoms with Gasteiger partial charge in [0.2, 0.25) is 5.95 Å². The van der Waals surface area contributed by atoms with E-state index in [-0.39, 0.29) is 29.7 Å². The Bertz CT molecular complexity index is 1130. The van der Waals surface area contributed by atoms with Gasteiger partial charge in [0.05, 0.1) is 30.9 Å². The summed E-state index contributed by atoms with van der Waals surface area (Å²) in [5.74, 6) is -0.142. The number of ether oxygens (including phenoxy) is 1. The number of hydrogen-bond donors (Lipinski definition) is 1. The third kappa shape index (κ3) is 4.30. The first-order valence-electron chi connectivity index (χ1n) is 10.2. The lowest BCUT2D eigenvalue weighted by Gasteiger charge is -2.33. The number of aryl methyl sites for hydroxylation is 1. The van der Waals surface area contributed by atoms with Crippen molar-refractivity contribution in [2.24, 2.45) is 0 Å². The molecule has 3 heterocycles. The molecule has 1 aliphatic rings. The van der Waals surface area contributed by atoms with E-state index in [9.17, 15) is 18.0 Å². The number of nitrogen functional groups attached to an aromatic ring is 1. The number of anilines is 1. The molecular formula is C21H24F3N5O2. The lowest BCUT2D eigenvalue weighted by atomic mass is 9.84. The minimum Gasteiger partial charge on any atom is -0.376 e. The van der Waals surface area contributed by atoms with Gasteiger partial charge in [-0.05, 0) is 32.6 Å². The standard InChI is InChI=1S/C21H24F3N5O2/c1-12-10-15(11-13(2)31-12)16-17(14-6-4-3-5-7-14)26-19(25)29-18(16)27-28(20(29)30)9-8-21(22,23)24/h3-7,12-13,15H,8-11H2,1-2H3,(H2,25,26)/t12-,13+,15?. The SMILES string of the molecule is C[C@@H]1CC(c2c(-c3ccccc3)nc(N)n3c(=O)n(CCC(F)(F)F)nc23)C[C@H](C)O1. The highest BCUT2D eigenvalue weighted by Gasteiger charge is 2.33. The predicted molar refractivity (Wildman–Crippen MR) is 110 cm³/mol. The number of rotatable bonds is 4. The van der Waals surface area contributed by atoms with Crippen molar-refractivity contribution in [2.75, 3.05) is 5.73 Å². The Morgan fingerprint density at radius 2 is 1.81 bits per heavy atom. The van der Waals surface area contributed by atoms with Crippen LogP contribution in [0.4, 0.5) is 19.1 Å². The van der Waals surface area contributed by atoms with E-state index in [1.807, 2.05) is 44.2 Å². The number of alkyl halides is 3. The number of nitrogens with two attached hydrogens (primary N) is 1. The normalized spacial score (nSPS) is 22.2. The highest BCUT2D eigenvalue weighted by atomic mass is 19.4. The Labute approximate surface area is 176 Å². The molecule has 1 saturated heterocycles. The number of nitrogens with zero attached hydrogens (tertiary/aromatic N) is 4. The van der Waals surface area contributed by atoms with Crippen molar-refractivity contribution in [1.82, 2.24) is 19.2 Å². The van der Waals surface area contributed by atoms with E-state index in [1.165, 1.54) is 0 Å². The van der Waals surface area contributed by atoms with Crippen LogP contribution in [0.1, 0.15) is 44.6 Å². The summed E-state index contributed by atoms with van der Waals surface area (Å²) < 4.78 is 46.0. The van der Waals surface area contributed by atoms with Crippen molar-refractivity contribution in [3.05, 3.63) is 46.4 Å². The molecular weight excluding hydrogens is 411 g/mol. The van der Waals surface area contributed by atoms with Gasteiger partial charge in [0.25, 0.3) is 0 Å². The molecule has 0 radical (unpaired) electrons. The van der Waals surface area contributed by atoms with Gasteiger partial charge in [0, 0.05) is 11.1 Å². The Kier molecular flexibility index (Phi) is 5.50. The molecule has 10 heteroatoms. The number of fused-ring (bicyclic) bond motifs is 1. The van der Waals surface area contributed by atoms with Gasteiger partial charge in [-0.25, -0.2) is 18.9 Å². The van der Waals surface area contributed by atoms with E-state index >= 15 is 0 Å². The maximum Gasteiger partial charge on any atom is 0.390 e. The van der Waals surface area contributed by atoms with Crippen LogP contribution in [0.3, 0.4) is 0 Å². The van der Waals surface area contributed by atoms with E-state index in [2.05, 4.69) is 10.1 Å². The molecule has 2 aromatic heterocycles. The molecule has 2 N–H and O–H groups in total. The molecule has 1 fully saturated rings. The fourth-order valence-electron chi connectivity index (χ4n) is 4.33. The predicted octanol–water partition coefficient (Wildman–Crippen LogP) is 3.76. The minimum absolute atomic E-state index is 0.0194. The fraction of sp³-hybridized carbons (Fsp3) is 0.476. The molecule has 3 aromatic rings. The summed E-state index contributed by atoms with van der Waals surface area (Å²) in [5, 5.41) is 4.29. The second-order valence-electron chi connectivity index (χ2n) is 8.05. The van der Waals surface area contributed by atoms with Gasteiger partial charge >= 0.3 is 11.9 Å². The smallest absolute Gasteiger partial charge is 0.376 e. The van der Waals surface area contributed by atoms with Gasteiger partial charge in [-0.1, -0.05) is 30.3 Å². The summed E-state index contributed by atoms with van der Waals surface area (Å²) in [4.78, 5) is 17.3. The molecule has 1 unspecified atom stereocenters. The summed E-state index contributed by atoms with van der Waals surface area (Å²) in [5.41, 5.74) is 7.73. The quantitative estimate of drug-likeness (QED) is 0.674. The highest BCUT2D eigenvalue weighted by Crippen LogP contribution is 2.39. The Morgan fingerprint density at radius 1 is 1.16 bits per heavy atom. The Balaban J connectivity index is 1.94. The topological polar surface area (TPSA) is 87.4 Å². The van der Waals surface area contributed by atoms with Crippen LogP contribution in [0.25, 0.3) is 16.9 Å². The van der Waals surface area contributed by atoms with Crippen molar-refractivity contribution in [3.8, 4) is 11.3 Å². The van der Waals surface area contributed by atoms with Crippen molar-refractivity contribution in [2.45, 2.75) is 64.0 Å². The van der Waals surface area contributed by atoms with Crippen molar-refractivity contribution < 1.29 is 17.9 Å². The average Bonchev–Trinajstić information content (AvgIpc) is 3.02. The molecule has 31 heavy (non-hydrogen) atoms. The maximum absolute atomic E-state index is 12.8. The number of hydrogen-bond acceptors (Lipinski definition) is 5. The summed E-state index contributed by atoms with van der Waals surface area (Å²) in [7, 11) is 0.